The Morgan fingerprint density at radius 3 is 2.26 bits per heavy atom. The highest BCUT2D eigenvalue weighted by molar-refractivity contribution is 5.77. The molecule has 0 aromatic rings. The molecule has 3 nitrogen and oxygen atoms in total. The van der Waals surface area contributed by atoms with E-state index in [0.29, 0.717) is 6.42 Å². The molecule has 0 rings (SSSR count). The van der Waals surface area contributed by atoms with E-state index in [1.54, 1.807) is 0 Å². The van der Waals surface area contributed by atoms with Crippen molar-refractivity contribution in [3.8, 4) is 0 Å². The van der Waals surface area contributed by atoms with Gasteiger partial charge in [0.15, 0.2) is 0 Å². The number of nitrogens with one attached hydrogen (secondary N) is 1. The number of carbonyl (C=O) groups excluding carboxylic acids is 1. The fourth-order valence-electron chi connectivity index (χ4n) is 1.96. The monoisotopic (exact) mass is 269 g/mol. The molecule has 0 fully saturated rings. The van der Waals surface area contributed by atoms with Crippen molar-refractivity contribution in [2.75, 3.05) is 27.2 Å². The number of hydrogen-bond donors (Lipinski definition) is 1. The van der Waals surface area contributed by atoms with Crippen LogP contribution in [0.2, 0.25) is 0 Å². The number of nitrogens with zero attached hydrogens (tertiary/aromatic N) is 1. The Morgan fingerprint density at radius 1 is 1.05 bits per heavy atom. The summed E-state index contributed by atoms with van der Waals surface area (Å²) in [6.45, 7) is 10.3. The largest absolute Gasteiger partial charge is 0.356 e. The van der Waals surface area contributed by atoms with Crippen LogP contribution >= 0.6 is 0 Å². The summed E-state index contributed by atoms with van der Waals surface area (Å²) in [4.78, 5) is 11.8. The molecular weight excluding hydrogens is 236 g/mol. The molecule has 112 valence electrons. The van der Waals surface area contributed by atoms with Crippen LogP contribution in [0, 0.1) is 0 Å². The van der Waals surface area contributed by atoms with Crippen molar-refractivity contribution in [1.82, 2.24) is 5.32 Å². The second-order valence-corrected chi connectivity index (χ2v) is 5.92. The number of amides is 1. The van der Waals surface area contributed by atoms with Gasteiger partial charge in [-0.1, -0.05) is 33.1 Å². The Morgan fingerprint density at radius 2 is 1.68 bits per heavy atom. The van der Waals surface area contributed by atoms with Gasteiger partial charge in [0.05, 0.1) is 20.6 Å². The molecule has 0 bridgehead atoms. The van der Waals surface area contributed by atoms with Gasteiger partial charge < -0.3 is 5.32 Å². The van der Waals surface area contributed by atoms with Gasteiger partial charge in [-0.05, 0) is 25.8 Å². The smallest absolute Gasteiger partial charge is 0.229 e. The summed E-state index contributed by atoms with van der Waals surface area (Å²) in [5, 5.41) is 2.95. The predicted molar refractivity (Wildman–Crippen MR) is 82.8 cm³/mol. The lowest BCUT2D eigenvalue weighted by Gasteiger charge is -2.31. The minimum Gasteiger partial charge on any atom is -0.356 e. The zero-order chi connectivity index (χ0) is 14.7. The highest BCUT2D eigenvalue weighted by atomic mass is 16.1. The number of hydrogen-bond acceptors (Lipinski definition) is 1. The van der Waals surface area contributed by atoms with E-state index in [1.165, 1.54) is 25.7 Å². The molecule has 0 saturated heterocycles. The molecule has 0 atom stereocenters. The van der Waals surface area contributed by atoms with Gasteiger partial charge >= 0.3 is 0 Å². The predicted octanol–water partition coefficient (Wildman–Crippen LogP) is 3.46. The summed E-state index contributed by atoms with van der Waals surface area (Å²) in [7, 11) is 4.29. The lowest BCUT2D eigenvalue weighted by molar-refractivity contribution is -0.853. The van der Waals surface area contributed by atoms with Crippen LogP contribution in [0.1, 0.15) is 58.8 Å². The zero-order valence-corrected chi connectivity index (χ0v) is 13.4. The van der Waals surface area contributed by atoms with E-state index in [9.17, 15) is 4.79 Å². The molecule has 0 aromatic carbocycles. The Hall–Kier alpha value is -0.830. The van der Waals surface area contributed by atoms with Gasteiger partial charge in [-0.15, -0.1) is 0 Å². The van der Waals surface area contributed by atoms with E-state index < -0.39 is 0 Å². The summed E-state index contributed by atoms with van der Waals surface area (Å²) in [6.07, 6.45) is 7.64. The van der Waals surface area contributed by atoms with Crippen LogP contribution in [0.4, 0.5) is 0 Å². The Kier molecular flexibility index (Phi) is 9.58. The van der Waals surface area contributed by atoms with E-state index >= 15 is 0 Å². The minimum atomic E-state index is 0.109. The third-order valence-electron chi connectivity index (χ3n) is 3.64. The summed E-state index contributed by atoms with van der Waals surface area (Å²) in [5.74, 6) is 0.109. The Labute approximate surface area is 119 Å². The minimum absolute atomic E-state index is 0.109. The molecule has 0 radical (unpaired) electrons. The average Bonchev–Trinajstić information content (AvgIpc) is 2.35. The van der Waals surface area contributed by atoms with Crippen molar-refractivity contribution in [3.63, 3.8) is 0 Å². The maximum Gasteiger partial charge on any atom is 0.229 e. The van der Waals surface area contributed by atoms with Crippen molar-refractivity contribution >= 4 is 5.91 Å². The van der Waals surface area contributed by atoms with E-state index in [4.69, 9.17) is 0 Å². The Bertz CT molecular complexity index is 272. The van der Waals surface area contributed by atoms with Crippen molar-refractivity contribution in [2.24, 2.45) is 0 Å². The first-order valence-electron chi connectivity index (χ1n) is 7.72. The molecule has 0 saturated carbocycles. The third kappa shape index (κ3) is 8.82. The molecule has 0 aliphatic heterocycles. The molecular formula is C16H33N2O+. The van der Waals surface area contributed by atoms with Gasteiger partial charge in [0.2, 0.25) is 5.91 Å². The van der Waals surface area contributed by atoms with Gasteiger partial charge in [0.25, 0.3) is 0 Å². The molecule has 1 N–H and O–H groups in total. The fraction of sp³-hybridized carbons (Fsp3) is 0.812. The quantitative estimate of drug-likeness (QED) is 0.452. The lowest BCUT2D eigenvalue weighted by Crippen LogP contribution is -2.41. The van der Waals surface area contributed by atoms with Gasteiger partial charge in [-0.3, -0.25) is 9.28 Å². The second kappa shape index (κ2) is 10.0. The van der Waals surface area contributed by atoms with E-state index in [0.717, 1.165) is 36.1 Å². The number of carbonyl (C=O) groups is 1. The highest BCUT2D eigenvalue weighted by Crippen LogP contribution is 2.15. The van der Waals surface area contributed by atoms with Crippen molar-refractivity contribution in [2.45, 2.75) is 58.8 Å². The topological polar surface area (TPSA) is 29.1 Å². The second-order valence-electron chi connectivity index (χ2n) is 5.92. The highest BCUT2D eigenvalue weighted by Gasteiger charge is 2.21. The first-order chi connectivity index (χ1) is 8.94. The molecule has 1 amide bonds. The molecule has 0 aliphatic rings. The molecule has 0 aliphatic carbocycles. The van der Waals surface area contributed by atoms with Crippen molar-refractivity contribution in [3.05, 3.63) is 12.3 Å². The lowest BCUT2D eigenvalue weighted by atomic mass is 10.1. The molecule has 0 heterocycles. The van der Waals surface area contributed by atoms with Crippen LogP contribution in [0.15, 0.2) is 12.3 Å². The van der Waals surface area contributed by atoms with Gasteiger partial charge in [0.1, 0.15) is 12.1 Å². The van der Waals surface area contributed by atoms with Gasteiger partial charge in [-0.25, -0.2) is 0 Å². The van der Waals surface area contributed by atoms with Crippen LogP contribution < -0.4 is 5.32 Å². The summed E-state index contributed by atoms with van der Waals surface area (Å²) in [6, 6.07) is 0. The fourth-order valence-corrected chi connectivity index (χ4v) is 1.96. The maximum absolute atomic E-state index is 11.8. The molecule has 0 unspecified atom stereocenters. The summed E-state index contributed by atoms with van der Waals surface area (Å²) >= 11 is 0. The van der Waals surface area contributed by atoms with Crippen LogP contribution in [0.3, 0.4) is 0 Å². The third-order valence-corrected chi connectivity index (χ3v) is 3.64. The molecule has 19 heavy (non-hydrogen) atoms. The first-order valence-corrected chi connectivity index (χ1v) is 7.72. The van der Waals surface area contributed by atoms with Crippen molar-refractivity contribution in [1.29, 1.82) is 0 Å². The average molecular weight is 269 g/mol. The van der Waals surface area contributed by atoms with Crippen LogP contribution in [-0.2, 0) is 4.79 Å². The van der Waals surface area contributed by atoms with Gasteiger partial charge in [0, 0.05) is 6.54 Å². The Balaban J connectivity index is 3.98. The van der Waals surface area contributed by atoms with Crippen molar-refractivity contribution < 1.29 is 9.28 Å². The molecule has 0 aromatic heterocycles. The SMILES string of the molecule is C=C(CC(=O)NCCCC)[N+](C)(C)CCCCCC. The number of quaternary nitrogens is 1. The van der Waals surface area contributed by atoms with E-state index in [1.807, 2.05) is 0 Å². The standard InChI is InChI=1S/C16H32N2O/c1-6-8-10-11-13-18(4,5)15(3)14-16(19)17-12-9-7-2/h3,6-14H2,1-2,4-5H3/p+1. The molecule has 0 spiro atoms. The van der Waals surface area contributed by atoms with Crippen LogP contribution in [0.25, 0.3) is 0 Å². The normalized spacial score (nSPS) is 11.4. The summed E-state index contributed by atoms with van der Waals surface area (Å²) in [5.41, 5.74) is 1.01. The molecule has 3 heteroatoms. The maximum atomic E-state index is 11.8. The van der Waals surface area contributed by atoms with Crippen LogP contribution in [0.5, 0.6) is 0 Å². The van der Waals surface area contributed by atoms with E-state index in [-0.39, 0.29) is 5.91 Å². The zero-order valence-electron chi connectivity index (χ0n) is 13.4. The number of rotatable bonds is 11. The van der Waals surface area contributed by atoms with E-state index in [2.05, 4.69) is 39.8 Å². The first kappa shape index (κ1) is 18.2. The number of unbranched alkanes of at least 4 members (excludes halogenated alkanes) is 4. The van der Waals surface area contributed by atoms with Crippen LogP contribution in [-0.4, -0.2) is 37.6 Å². The van der Waals surface area contributed by atoms with Gasteiger partial charge in [-0.2, -0.15) is 0 Å². The summed E-state index contributed by atoms with van der Waals surface area (Å²) < 4.78 is 0.755.